The van der Waals surface area contributed by atoms with E-state index in [-0.39, 0.29) is 0 Å². The normalized spacial score (nSPS) is 11.9. The van der Waals surface area contributed by atoms with E-state index in [9.17, 15) is 0 Å². The van der Waals surface area contributed by atoms with Crippen molar-refractivity contribution in [3.8, 4) is 0 Å². The van der Waals surface area contributed by atoms with Crippen molar-refractivity contribution >= 4 is 17.3 Å². The molecule has 0 bridgehead atoms. The van der Waals surface area contributed by atoms with E-state index in [1.807, 2.05) is 12.4 Å². The fourth-order valence-corrected chi connectivity index (χ4v) is 1.84. The lowest BCUT2D eigenvalue weighted by Gasteiger charge is -2.13. The molecule has 0 aliphatic carbocycles. The first kappa shape index (κ1) is 12.0. The van der Waals surface area contributed by atoms with Crippen LogP contribution in [0.15, 0.2) is 10.5 Å². The van der Waals surface area contributed by atoms with Crippen LogP contribution in [0.5, 0.6) is 0 Å². The molecule has 0 amide bonds. The van der Waals surface area contributed by atoms with Gasteiger partial charge in [0.05, 0.1) is 17.7 Å². The van der Waals surface area contributed by atoms with E-state index in [1.54, 1.807) is 18.4 Å². The predicted molar refractivity (Wildman–Crippen MR) is 65.3 cm³/mol. The Morgan fingerprint density at radius 1 is 1.60 bits per heavy atom. The molecule has 0 spiro atoms. The van der Waals surface area contributed by atoms with Gasteiger partial charge in [-0.25, -0.2) is 4.98 Å². The summed E-state index contributed by atoms with van der Waals surface area (Å²) in [5.41, 5.74) is 2.96. The molecule has 0 radical (unpaired) electrons. The van der Waals surface area contributed by atoms with Crippen LogP contribution in [-0.2, 0) is 6.54 Å². The highest BCUT2D eigenvalue weighted by Crippen LogP contribution is 2.10. The number of aryl methyl sites for hydroxylation is 1. The Kier molecular flexibility index (Phi) is 4.55. The van der Waals surface area contributed by atoms with Gasteiger partial charge in [-0.3, -0.25) is 4.99 Å². The van der Waals surface area contributed by atoms with Gasteiger partial charge >= 0.3 is 0 Å². The maximum absolute atomic E-state index is 4.20. The zero-order valence-corrected chi connectivity index (χ0v) is 10.5. The minimum atomic E-state index is 0.388. The van der Waals surface area contributed by atoms with E-state index in [0.717, 1.165) is 18.2 Å². The van der Waals surface area contributed by atoms with E-state index < -0.39 is 0 Å². The van der Waals surface area contributed by atoms with Crippen LogP contribution in [0.4, 0.5) is 0 Å². The number of guanidine groups is 1. The monoisotopic (exact) mass is 226 g/mol. The molecule has 15 heavy (non-hydrogen) atoms. The summed E-state index contributed by atoms with van der Waals surface area (Å²) < 4.78 is 0. The second kappa shape index (κ2) is 5.70. The van der Waals surface area contributed by atoms with Gasteiger partial charge in [-0.2, -0.15) is 0 Å². The van der Waals surface area contributed by atoms with E-state index in [0.29, 0.717) is 6.04 Å². The molecule has 5 heteroatoms. The van der Waals surface area contributed by atoms with Gasteiger partial charge in [0.2, 0.25) is 0 Å². The molecule has 1 rings (SSSR count). The van der Waals surface area contributed by atoms with Crippen LogP contribution in [0.25, 0.3) is 0 Å². The second-order valence-corrected chi connectivity index (χ2v) is 4.53. The number of rotatable bonds is 3. The summed E-state index contributed by atoms with van der Waals surface area (Å²) >= 11 is 1.66. The third-order valence-electron chi connectivity index (χ3n) is 1.91. The first-order valence-electron chi connectivity index (χ1n) is 4.99. The lowest BCUT2D eigenvalue weighted by Crippen LogP contribution is -2.40. The average molecular weight is 226 g/mol. The third kappa shape index (κ3) is 3.87. The summed E-state index contributed by atoms with van der Waals surface area (Å²) in [6.45, 7) is 6.98. The first-order valence-corrected chi connectivity index (χ1v) is 5.87. The molecule has 4 nitrogen and oxygen atoms in total. The number of nitrogens with one attached hydrogen (secondary N) is 2. The maximum Gasteiger partial charge on any atom is 0.191 e. The standard InChI is InChI=1S/C10H18N4S/c1-7(2)14-10(11-4)12-5-9-8(3)13-6-15-9/h6-7H,5H2,1-4H3,(H2,11,12,14). The minimum absolute atomic E-state index is 0.388. The minimum Gasteiger partial charge on any atom is -0.354 e. The van der Waals surface area contributed by atoms with E-state index in [4.69, 9.17) is 0 Å². The van der Waals surface area contributed by atoms with Crippen molar-refractivity contribution in [2.45, 2.75) is 33.4 Å². The Labute approximate surface area is 94.8 Å². The topological polar surface area (TPSA) is 49.3 Å². The summed E-state index contributed by atoms with van der Waals surface area (Å²) in [7, 11) is 1.78. The molecule has 0 aromatic carbocycles. The molecule has 0 fully saturated rings. The second-order valence-electron chi connectivity index (χ2n) is 3.59. The smallest absolute Gasteiger partial charge is 0.191 e. The molecule has 0 saturated carbocycles. The van der Waals surface area contributed by atoms with Crippen LogP contribution in [-0.4, -0.2) is 24.0 Å². The van der Waals surface area contributed by atoms with Gasteiger partial charge in [-0.1, -0.05) is 0 Å². The Hall–Kier alpha value is -1.10. The van der Waals surface area contributed by atoms with Gasteiger partial charge < -0.3 is 10.6 Å². The molecule has 1 heterocycles. The summed E-state index contributed by atoms with van der Waals surface area (Å²) in [5.74, 6) is 0.831. The van der Waals surface area contributed by atoms with Gasteiger partial charge in [0.15, 0.2) is 5.96 Å². The summed E-state index contributed by atoms with van der Waals surface area (Å²) in [6.07, 6.45) is 0. The molecule has 0 aliphatic heterocycles. The fourth-order valence-electron chi connectivity index (χ4n) is 1.13. The van der Waals surface area contributed by atoms with Crippen LogP contribution < -0.4 is 10.6 Å². The van der Waals surface area contributed by atoms with Crippen LogP contribution >= 0.6 is 11.3 Å². The highest BCUT2D eigenvalue weighted by molar-refractivity contribution is 7.09. The Balaban J connectivity index is 2.45. The molecule has 0 aliphatic rings. The van der Waals surface area contributed by atoms with Crippen molar-refractivity contribution in [3.05, 3.63) is 16.1 Å². The van der Waals surface area contributed by atoms with Crippen molar-refractivity contribution in [1.82, 2.24) is 15.6 Å². The first-order chi connectivity index (χ1) is 7.13. The SMILES string of the molecule is CN=C(NCc1scnc1C)NC(C)C. The zero-order chi connectivity index (χ0) is 11.3. The summed E-state index contributed by atoms with van der Waals surface area (Å²) in [5, 5.41) is 6.49. The molecule has 0 unspecified atom stereocenters. The largest absolute Gasteiger partial charge is 0.354 e. The van der Waals surface area contributed by atoms with Gasteiger partial charge in [0.1, 0.15) is 0 Å². The molecule has 1 aromatic rings. The molecule has 1 aromatic heterocycles. The Bertz CT molecular complexity index is 330. The number of nitrogens with zero attached hydrogens (tertiary/aromatic N) is 2. The van der Waals surface area contributed by atoms with Gasteiger partial charge in [-0.05, 0) is 20.8 Å². The van der Waals surface area contributed by atoms with Crippen molar-refractivity contribution in [2.24, 2.45) is 4.99 Å². The van der Waals surface area contributed by atoms with Crippen molar-refractivity contribution in [1.29, 1.82) is 0 Å². The number of hydrogen-bond donors (Lipinski definition) is 2. The number of aliphatic imine (C=N–C) groups is 1. The van der Waals surface area contributed by atoms with Crippen molar-refractivity contribution in [3.63, 3.8) is 0 Å². The molecule has 0 atom stereocenters. The van der Waals surface area contributed by atoms with Gasteiger partial charge in [-0.15, -0.1) is 11.3 Å². The zero-order valence-electron chi connectivity index (χ0n) is 9.66. The number of thiazole rings is 1. The number of aromatic nitrogens is 1. The Morgan fingerprint density at radius 2 is 2.33 bits per heavy atom. The lowest BCUT2D eigenvalue weighted by atomic mass is 10.4. The van der Waals surface area contributed by atoms with Crippen LogP contribution in [0.1, 0.15) is 24.4 Å². The van der Waals surface area contributed by atoms with E-state index in [1.165, 1.54) is 4.88 Å². The highest BCUT2D eigenvalue weighted by atomic mass is 32.1. The molecule has 84 valence electrons. The molecular weight excluding hydrogens is 208 g/mol. The van der Waals surface area contributed by atoms with Crippen molar-refractivity contribution in [2.75, 3.05) is 7.05 Å². The van der Waals surface area contributed by atoms with Crippen LogP contribution in [0.2, 0.25) is 0 Å². The lowest BCUT2D eigenvalue weighted by molar-refractivity contribution is 0.700. The van der Waals surface area contributed by atoms with E-state index >= 15 is 0 Å². The number of hydrogen-bond acceptors (Lipinski definition) is 3. The molecule has 0 saturated heterocycles. The third-order valence-corrected chi connectivity index (χ3v) is 2.85. The molecular formula is C10H18N4S. The maximum atomic E-state index is 4.20. The highest BCUT2D eigenvalue weighted by Gasteiger charge is 2.03. The average Bonchev–Trinajstić information content (AvgIpc) is 2.58. The van der Waals surface area contributed by atoms with Crippen LogP contribution in [0.3, 0.4) is 0 Å². The predicted octanol–water partition coefficient (Wildman–Crippen LogP) is 1.52. The Morgan fingerprint density at radius 3 is 2.80 bits per heavy atom. The van der Waals surface area contributed by atoms with E-state index in [2.05, 4.69) is 34.5 Å². The quantitative estimate of drug-likeness (QED) is 0.607. The summed E-state index contributed by atoms with van der Waals surface area (Å²) in [6, 6.07) is 0.388. The van der Waals surface area contributed by atoms with Gasteiger partial charge in [0.25, 0.3) is 0 Å². The molecule has 2 N–H and O–H groups in total. The van der Waals surface area contributed by atoms with Crippen LogP contribution in [0, 0.1) is 6.92 Å². The fraction of sp³-hybridized carbons (Fsp3) is 0.600. The van der Waals surface area contributed by atoms with Crippen molar-refractivity contribution < 1.29 is 0 Å². The summed E-state index contributed by atoms with van der Waals surface area (Å²) in [4.78, 5) is 9.59. The van der Waals surface area contributed by atoms with Gasteiger partial charge in [0, 0.05) is 18.0 Å².